The molecule has 4 nitrogen and oxygen atoms in total. The lowest BCUT2D eigenvalue weighted by Gasteiger charge is -1.92. The Morgan fingerprint density at radius 1 is 1.57 bits per heavy atom. The van der Waals surface area contributed by atoms with E-state index in [0.717, 1.165) is 5.01 Å². The predicted molar refractivity (Wildman–Crippen MR) is 53.4 cm³/mol. The van der Waals surface area contributed by atoms with Gasteiger partial charge in [0.25, 0.3) is 0 Å². The Labute approximate surface area is 85.2 Å². The summed E-state index contributed by atoms with van der Waals surface area (Å²) in [5.74, 6) is 0.0144. The van der Waals surface area contributed by atoms with Gasteiger partial charge in [-0.3, -0.25) is 4.79 Å². The highest BCUT2D eigenvalue weighted by molar-refractivity contribution is 7.09. The van der Waals surface area contributed by atoms with Gasteiger partial charge in [0.2, 0.25) is 0 Å². The number of carbonyl (C=O) groups is 1. The van der Waals surface area contributed by atoms with Crippen LogP contribution in [0.3, 0.4) is 0 Å². The van der Waals surface area contributed by atoms with Crippen LogP contribution in [0.2, 0.25) is 0 Å². The number of carbonyl (C=O) groups excluding carboxylic acids is 1. The molecule has 0 unspecified atom stereocenters. The zero-order valence-electron chi connectivity index (χ0n) is 7.67. The number of aromatic nitrogens is 3. The SMILES string of the molecule is Cn1cnc(C(=O)Cc2nccs2)c1. The Morgan fingerprint density at radius 3 is 3.00 bits per heavy atom. The Balaban J connectivity index is 2.10. The summed E-state index contributed by atoms with van der Waals surface area (Å²) in [5, 5.41) is 2.70. The highest BCUT2D eigenvalue weighted by atomic mass is 32.1. The molecule has 0 atom stereocenters. The molecule has 0 aliphatic rings. The maximum absolute atomic E-state index is 11.6. The Bertz CT molecular complexity index is 433. The highest BCUT2D eigenvalue weighted by Gasteiger charge is 2.10. The average molecular weight is 207 g/mol. The predicted octanol–water partition coefficient (Wildman–Crippen LogP) is 1.30. The molecule has 0 aliphatic heterocycles. The second-order valence-corrected chi connectivity index (χ2v) is 3.93. The molecule has 0 saturated carbocycles. The Hall–Kier alpha value is -1.49. The lowest BCUT2D eigenvalue weighted by Crippen LogP contribution is -2.03. The van der Waals surface area contributed by atoms with Crippen LogP contribution in [-0.2, 0) is 13.5 Å². The molecule has 0 fully saturated rings. The molecule has 0 saturated heterocycles. The summed E-state index contributed by atoms with van der Waals surface area (Å²) in [7, 11) is 1.84. The van der Waals surface area contributed by atoms with E-state index in [-0.39, 0.29) is 5.78 Å². The van der Waals surface area contributed by atoms with Crippen LogP contribution in [0.1, 0.15) is 15.5 Å². The molecular formula is C9H9N3OS. The van der Waals surface area contributed by atoms with Crippen molar-refractivity contribution >= 4 is 17.1 Å². The van der Waals surface area contributed by atoms with Crippen LogP contribution in [0.4, 0.5) is 0 Å². The van der Waals surface area contributed by atoms with Crippen LogP contribution < -0.4 is 0 Å². The van der Waals surface area contributed by atoms with Crippen LogP contribution in [0, 0.1) is 0 Å². The van der Waals surface area contributed by atoms with Crippen LogP contribution in [0.25, 0.3) is 0 Å². The number of imidazole rings is 1. The van der Waals surface area contributed by atoms with Crippen LogP contribution >= 0.6 is 11.3 Å². The molecule has 0 radical (unpaired) electrons. The van der Waals surface area contributed by atoms with Crippen LogP contribution in [0.5, 0.6) is 0 Å². The maximum Gasteiger partial charge on any atom is 0.189 e. The molecule has 0 aliphatic carbocycles. The van der Waals surface area contributed by atoms with Gasteiger partial charge in [0.05, 0.1) is 12.7 Å². The topological polar surface area (TPSA) is 47.8 Å². The van der Waals surface area contributed by atoms with Crippen molar-refractivity contribution in [2.75, 3.05) is 0 Å². The summed E-state index contributed by atoms with van der Waals surface area (Å²) in [6.07, 6.45) is 5.38. The molecule has 14 heavy (non-hydrogen) atoms. The molecule has 0 bridgehead atoms. The molecule has 5 heteroatoms. The number of hydrogen-bond donors (Lipinski definition) is 0. The van der Waals surface area contributed by atoms with Gasteiger partial charge in [-0.15, -0.1) is 11.3 Å². The van der Waals surface area contributed by atoms with Gasteiger partial charge in [0.15, 0.2) is 5.78 Å². The van der Waals surface area contributed by atoms with Gasteiger partial charge in [-0.05, 0) is 0 Å². The molecular weight excluding hydrogens is 198 g/mol. The average Bonchev–Trinajstić information content (AvgIpc) is 2.75. The lowest BCUT2D eigenvalue weighted by molar-refractivity contribution is 0.0988. The molecule has 2 aromatic heterocycles. The maximum atomic E-state index is 11.6. The minimum atomic E-state index is 0.0144. The van der Waals surface area contributed by atoms with Crippen molar-refractivity contribution in [2.45, 2.75) is 6.42 Å². The van der Waals surface area contributed by atoms with Crippen molar-refractivity contribution in [3.05, 3.63) is 34.8 Å². The van der Waals surface area contributed by atoms with E-state index in [2.05, 4.69) is 9.97 Å². The summed E-state index contributed by atoms with van der Waals surface area (Å²) in [6.45, 7) is 0. The van der Waals surface area contributed by atoms with E-state index in [4.69, 9.17) is 0 Å². The third kappa shape index (κ3) is 1.88. The molecule has 2 heterocycles. The summed E-state index contributed by atoms with van der Waals surface area (Å²) in [4.78, 5) is 19.7. The van der Waals surface area contributed by atoms with E-state index in [0.29, 0.717) is 12.1 Å². The fourth-order valence-corrected chi connectivity index (χ4v) is 1.74. The smallest absolute Gasteiger partial charge is 0.189 e. The standard InChI is InChI=1S/C9H9N3OS/c1-12-5-7(11-6-12)8(13)4-9-10-2-3-14-9/h2-3,5-6H,4H2,1H3. The number of thiazole rings is 1. The fraction of sp³-hybridized carbons (Fsp3) is 0.222. The number of nitrogens with zero attached hydrogens (tertiary/aromatic N) is 3. The number of Topliss-reactive ketones (excluding diaryl/α,β-unsaturated/α-hetero) is 1. The molecule has 2 aromatic rings. The quantitative estimate of drug-likeness (QED) is 0.713. The minimum Gasteiger partial charge on any atom is -0.340 e. The molecule has 0 spiro atoms. The van der Waals surface area contributed by atoms with Crippen molar-refractivity contribution in [3.8, 4) is 0 Å². The summed E-state index contributed by atoms with van der Waals surface area (Å²) in [5.41, 5.74) is 0.503. The fourth-order valence-electron chi connectivity index (χ4n) is 1.12. The van der Waals surface area contributed by atoms with E-state index < -0.39 is 0 Å². The number of hydrogen-bond acceptors (Lipinski definition) is 4. The second kappa shape index (κ2) is 3.71. The lowest BCUT2D eigenvalue weighted by atomic mass is 10.2. The van der Waals surface area contributed by atoms with Gasteiger partial charge in [-0.2, -0.15) is 0 Å². The van der Waals surface area contributed by atoms with E-state index in [1.165, 1.54) is 11.3 Å². The van der Waals surface area contributed by atoms with Crippen molar-refractivity contribution in [3.63, 3.8) is 0 Å². The van der Waals surface area contributed by atoms with Crippen LogP contribution in [-0.4, -0.2) is 20.3 Å². The van der Waals surface area contributed by atoms with Crippen molar-refractivity contribution < 1.29 is 4.79 Å². The number of aryl methyl sites for hydroxylation is 1. The first-order valence-corrected chi connectivity index (χ1v) is 5.03. The molecule has 72 valence electrons. The van der Waals surface area contributed by atoms with Gasteiger partial charge in [0, 0.05) is 24.8 Å². The summed E-state index contributed by atoms with van der Waals surface area (Å²) in [6, 6.07) is 0. The van der Waals surface area contributed by atoms with E-state index in [9.17, 15) is 4.79 Å². The Kier molecular flexibility index (Phi) is 2.41. The molecule has 2 rings (SSSR count). The largest absolute Gasteiger partial charge is 0.340 e. The zero-order valence-corrected chi connectivity index (χ0v) is 8.49. The zero-order chi connectivity index (χ0) is 9.97. The second-order valence-electron chi connectivity index (χ2n) is 2.95. The van der Waals surface area contributed by atoms with E-state index >= 15 is 0 Å². The minimum absolute atomic E-state index is 0.0144. The van der Waals surface area contributed by atoms with Crippen LogP contribution in [0.15, 0.2) is 24.1 Å². The highest BCUT2D eigenvalue weighted by Crippen LogP contribution is 2.08. The monoisotopic (exact) mass is 207 g/mol. The first-order valence-electron chi connectivity index (χ1n) is 4.15. The first kappa shape index (κ1) is 9.08. The first-order chi connectivity index (χ1) is 6.75. The molecule has 0 aromatic carbocycles. The molecule has 0 N–H and O–H groups in total. The summed E-state index contributed by atoms with van der Waals surface area (Å²) >= 11 is 1.49. The summed E-state index contributed by atoms with van der Waals surface area (Å²) < 4.78 is 1.76. The van der Waals surface area contributed by atoms with Gasteiger partial charge in [-0.1, -0.05) is 0 Å². The number of rotatable bonds is 3. The normalized spacial score (nSPS) is 10.4. The van der Waals surface area contributed by atoms with Gasteiger partial charge in [-0.25, -0.2) is 9.97 Å². The Morgan fingerprint density at radius 2 is 2.43 bits per heavy atom. The van der Waals surface area contributed by atoms with Gasteiger partial charge < -0.3 is 4.57 Å². The van der Waals surface area contributed by atoms with Crippen molar-refractivity contribution in [1.82, 2.24) is 14.5 Å². The number of ketones is 1. The van der Waals surface area contributed by atoms with Gasteiger partial charge >= 0.3 is 0 Å². The third-order valence-electron chi connectivity index (χ3n) is 1.79. The van der Waals surface area contributed by atoms with Gasteiger partial charge in [0.1, 0.15) is 10.7 Å². The van der Waals surface area contributed by atoms with Crippen molar-refractivity contribution in [1.29, 1.82) is 0 Å². The third-order valence-corrected chi connectivity index (χ3v) is 2.57. The van der Waals surface area contributed by atoms with E-state index in [1.807, 2.05) is 12.4 Å². The van der Waals surface area contributed by atoms with E-state index in [1.54, 1.807) is 23.3 Å². The van der Waals surface area contributed by atoms with Crippen molar-refractivity contribution in [2.24, 2.45) is 7.05 Å². The molecule has 0 amide bonds.